The van der Waals surface area contributed by atoms with Crippen molar-refractivity contribution in [3.05, 3.63) is 64.7 Å². The van der Waals surface area contributed by atoms with Gasteiger partial charge in [0.1, 0.15) is 0 Å². The first-order valence-corrected chi connectivity index (χ1v) is 6.56. The zero-order valence-corrected chi connectivity index (χ0v) is 11.3. The third-order valence-electron chi connectivity index (χ3n) is 3.65. The van der Waals surface area contributed by atoms with E-state index < -0.39 is 0 Å². The highest BCUT2D eigenvalue weighted by Gasteiger charge is 2.23. The molecule has 0 fully saturated rings. The molecule has 1 aliphatic carbocycles. The zero-order chi connectivity index (χ0) is 13.4. The highest BCUT2D eigenvalue weighted by atomic mass is 14.3. The molecule has 92 valence electrons. The lowest BCUT2D eigenvalue weighted by molar-refractivity contribution is 1.31. The summed E-state index contributed by atoms with van der Waals surface area (Å²) >= 11 is 0. The van der Waals surface area contributed by atoms with E-state index in [4.69, 9.17) is 6.42 Å². The maximum Gasteiger partial charge on any atom is 0.0337 e. The summed E-state index contributed by atoms with van der Waals surface area (Å²) in [6.45, 7) is 4.35. The van der Waals surface area contributed by atoms with Crippen LogP contribution < -0.4 is 0 Å². The SMILES string of the molecule is C#CCc1ccc2c(c1)C(=C(C)C)c1ccccc1-2. The minimum atomic E-state index is 0.694. The predicted molar refractivity (Wildman–Crippen MR) is 81.8 cm³/mol. The molecule has 0 saturated carbocycles. The first-order valence-electron chi connectivity index (χ1n) is 6.56. The molecule has 3 rings (SSSR count). The fourth-order valence-corrected chi connectivity index (χ4v) is 2.88. The molecule has 0 N–H and O–H groups in total. The molecule has 0 nitrogen and oxygen atoms in total. The molecule has 1 aliphatic rings. The van der Waals surface area contributed by atoms with E-state index >= 15 is 0 Å². The van der Waals surface area contributed by atoms with E-state index in [1.165, 1.54) is 39.0 Å². The largest absolute Gasteiger partial charge is 0.120 e. The number of hydrogen-bond acceptors (Lipinski definition) is 0. The Bertz CT molecular complexity index is 720. The van der Waals surface area contributed by atoms with Crippen LogP contribution in [0.3, 0.4) is 0 Å². The van der Waals surface area contributed by atoms with Crippen LogP contribution in [-0.2, 0) is 6.42 Å². The first-order chi connectivity index (χ1) is 9.22. The lowest BCUT2D eigenvalue weighted by Crippen LogP contribution is -1.88. The Labute approximate surface area is 114 Å². The number of benzene rings is 2. The molecule has 0 unspecified atom stereocenters. The monoisotopic (exact) mass is 244 g/mol. The number of fused-ring (bicyclic) bond motifs is 3. The van der Waals surface area contributed by atoms with Crippen LogP contribution in [0.4, 0.5) is 0 Å². The van der Waals surface area contributed by atoms with Gasteiger partial charge in [-0.3, -0.25) is 0 Å². The van der Waals surface area contributed by atoms with Gasteiger partial charge in [0.2, 0.25) is 0 Å². The van der Waals surface area contributed by atoms with E-state index in [1.54, 1.807) is 0 Å². The van der Waals surface area contributed by atoms with Crippen molar-refractivity contribution in [2.24, 2.45) is 0 Å². The lowest BCUT2D eigenvalue weighted by Gasteiger charge is -2.06. The van der Waals surface area contributed by atoms with Crippen molar-refractivity contribution in [1.82, 2.24) is 0 Å². The number of allylic oxidation sites excluding steroid dienone is 1. The first kappa shape index (κ1) is 11.8. The van der Waals surface area contributed by atoms with E-state index in [2.05, 4.69) is 62.2 Å². The lowest BCUT2D eigenvalue weighted by atomic mass is 9.97. The van der Waals surface area contributed by atoms with Crippen LogP contribution in [0.1, 0.15) is 30.5 Å². The molecule has 2 aromatic rings. The molecule has 2 aromatic carbocycles. The number of rotatable bonds is 1. The van der Waals surface area contributed by atoms with Crippen molar-refractivity contribution >= 4 is 5.57 Å². The molecule has 0 amide bonds. The van der Waals surface area contributed by atoms with Gasteiger partial charge >= 0.3 is 0 Å². The summed E-state index contributed by atoms with van der Waals surface area (Å²) in [6.07, 6.45) is 6.12. The minimum Gasteiger partial charge on any atom is -0.120 e. The fraction of sp³-hybridized carbons (Fsp3) is 0.158. The Kier molecular flexibility index (Phi) is 2.76. The summed E-state index contributed by atoms with van der Waals surface area (Å²) in [5.74, 6) is 2.72. The predicted octanol–water partition coefficient (Wildman–Crippen LogP) is 4.68. The summed E-state index contributed by atoms with van der Waals surface area (Å²) in [5.41, 5.74) is 9.26. The van der Waals surface area contributed by atoms with Gasteiger partial charge in [-0.15, -0.1) is 12.3 Å². The molecule has 0 aromatic heterocycles. The van der Waals surface area contributed by atoms with Crippen molar-refractivity contribution in [2.75, 3.05) is 0 Å². The molecule has 19 heavy (non-hydrogen) atoms. The van der Waals surface area contributed by atoms with Crippen LogP contribution in [0.15, 0.2) is 48.0 Å². The Morgan fingerprint density at radius 3 is 2.32 bits per heavy atom. The topological polar surface area (TPSA) is 0 Å². The van der Waals surface area contributed by atoms with Crippen molar-refractivity contribution in [2.45, 2.75) is 20.3 Å². The normalized spacial score (nSPS) is 11.7. The molecule has 0 atom stereocenters. The van der Waals surface area contributed by atoms with Gasteiger partial charge in [0.15, 0.2) is 0 Å². The molecule has 0 saturated heterocycles. The molecular formula is C19H16. The van der Waals surface area contributed by atoms with E-state index in [0.717, 1.165) is 0 Å². The Morgan fingerprint density at radius 1 is 0.947 bits per heavy atom. The van der Waals surface area contributed by atoms with Crippen molar-refractivity contribution < 1.29 is 0 Å². The summed E-state index contributed by atoms with van der Waals surface area (Å²) < 4.78 is 0. The molecule has 0 aliphatic heterocycles. The van der Waals surface area contributed by atoms with Crippen LogP contribution in [0.25, 0.3) is 16.7 Å². The van der Waals surface area contributed by atoms with Crippen molar-refractivity contribution in [1.29, 1.82) is 0 Å². The summed E-state index contributed by atoms with van der Waals surface area (Å²) in [5, 5.41) is 0. The van der Waals surface area contributed by atoms with Crippen LogP contribution >= 0.6 is 0 Å². The Morgan fingerprint density at radius 2 is 1.63 bits per heavy atom. The fourth-order valence-electron chi connectivity index (χ4n) is 2.88. The van der Waals surface area contributed by atoms with E-state index in [9.17, 15) is 0 Å². The van der Waals surface area contributed by atoms with E-state index in [0.29, 0.717) is 6.42 Å². The average molecular weight is 244 g/mol. The van der Waals surface area contributed by atoms with Crippen molar-refractivity contribution in [3.8, 4) is 23.5 Å². The van der Waals surface area contributed by atoms with E-state index in [1.807, 2.05) is 0 Å². The summed E-state index contributed by atoms with van der Waals surface area (Å²) in [7, 11) is 0. The third kappa shape index (κ3) is 1.79. The molecule has 0 spiro atoms. The van der Waals surface area contributed by atoms with Gasteiger partial charge in [0.05, 0.1) is 0 Å². The standard InChI is InChI=1S/C19H16/c1-4-7-14-10-11-16-15-8-5-6-9-17(15)19(13(2)3)18(16)12-14/h1,5-6,8-12H,7H2,2-3H3. The van der Waals surface area contributed by atoms with Gasteiger partial charge < -0.3 is 0 Å². The maximum atomic E-state index is 5.42. The van der Waals surface area contributed by atoms with Crippen LogP contribution in [0, 0.1) is 12.3 Å². The van der Waals surface area contributed by atoms with Gasteiger partial charge in [0, 0.05) is 6.42 Å². The number of terminal acetylenes is 1. The zero-order valence-electron chi connectivity index (χ0n) is 11.3. The van der Waals surface area contributed by atoms with E-state index in [-0.39, 0.29) is 0 Å². The quantitative estimate of drug-likeness (QED) is 0.545. The average Bonchev–Trinajstić information content (AvgIpc) is 2.72. The second-order valence-corrected chi connectivity index (χ2v) is 5.18. The minimum absolute atomic E-state index is 0.694. The van der Waals surface area contributed by atoms with Crippen LogP contribution in [-0.4, -0.2) is 0 Å². The summed E-state index contributed by atoms with van der Waals surface area (Å²) in [4.78, 5) is 0. The van der Waals surface area contributed by atoms with Gasteiger partial charge in [-0.2, -0.15) is 0 Å². The second kappa shape index (κ2) is 4.44. The highest BCUT2D eigenvalue weighted by molar-refractivity contribution is 6.02. The third-order valence-corrected chi connectivity index (χ3v) is 3.65. The molecule has 0 radical (unpaired) electrons. The Balaban J connectivity index is 2.30. The number of hydrogen-bond donors (Lipinski definition) is 0. The van der Waals surface area contributed by atoms with Crippen LogP contribution in [0.5, 0.6) is 0 Å². The molecular weight excluding hydrogens is 228 g/mol. The molecule has 0 heterocycles. The highest BCUT2D eigenvalue weighted by Crippen LogP contribution is 2.45. The smallest absolute Gasteiger partial charge is 0.0337 e. The van der Waals surface area contributed by atoms with Crippen LogP contribution in [0.2, 0.25) is 0 Å². The van der Waals surface area contributed by atoms with Gasteiger partial charge in [-0.1, -0.05) is 42.0 Å². The van der Waals surface area contributed by atoms with Crippen molar-refractivity contribution in [3.63, 3.8) is 0 Å². The molecule has 0 bridgehead atoms. The Hall–Kier alpha value is -2.26. The second-order valence-electron chi connectivity index (χ2n) is 5.18. The molecule has 0 heteroatoms. The maximum absolute atomic E-state index is 5.42. The van der Waals surface area contributed by atoms with Gasteiger partial charge in [0.25, 0.3) is 0 Å². The van der Waals surface area contributed by atoms with Gasteiger partial charge in [-0.05, 0) is 53.3 Å². The van der Waals surface area contributed by atoms with Gasteiger partial charge in [-0.25, -0.2) is 0 Å². The summed E-state index contributed by atoms with van der Waals surface area (Å²) in [6, 6.07) is 15.2.